The molecule has 2 aliphatic carbocycles. The molecule has 0 aliphatic heterocycles. The van der Waals surface area contributed by atoms with Crippen molar-refractivity contribution in [2.45, 2.75) is 65.6 Å². The molecule has 2 aliphatic rings. The van der Waals surface area contributed by atoms with Crippen molar-refractivity contribution in [1.82, 2.24) is 0 Å². The van der Waals surface area contributed by atoms with Crippen molar-refractivity contribution < 1.29 is 9.53 Å². The third kappa shape index (κ3) is 4.25. The fourth-order valence-corrected chi connectivity index (χ4v) is 6.56. The van der Waals surface area contributed by atoms with Gasteiger partial charge >= 0.3 is 171 Å². The summed E-state index contributed by atoms with van der Waals surface area (Å²) in [5.74, 6) is -0.230. The molecule has 0 saturated carbocycles. The molecule has 0 bridgehead atoms. The first-order chi connectivity index (χ1) is 12.6. The van der Waals surface area contributed by atoms with Crippen LogP contribution in [-0.2, 0) is 4.74 Å². The standard InChI is InChI=1S/C24H32O2Se/c1-7-26-22(25)17-8-10-18(11-9-17)27-21-15-20-19(14-16(21)2)23(3,4)12-13-24(20,5)6/h8-11,14,21H,7,12-13,15H2,1-6H3. The van der Waals surface area contributed by atoms with Crippen LogP contribution in [0.25, 0.3) is 0 Å². The van der Waals surface area contributed by atoms with Gasteiger partial charge in [-0.05, 0) is 0 Å². The average molecular weight is 431 g/mol. The van der Waals surface area contributed by atoms with Gasteiger partial charge in [0.2, 0.25) is 0 Å². The Morgan fingerprint density at radius 3 is 2.37 bits per heavy atom. The van der Waals surface area contributed by atoms with Crippen molar-refractivity contribution in [2.24, 2.45) is 10.8 Å². The van der Waals surface area contributed by atoms with Crippen molar-refractivity contribution in [3.63, 3.8) is 0 Å². The predicted octanol–water partition coefficient (Wildman–Crippen LogP) is 5.47. The molecule has 0 spiro atoms. The van der Waals surface area contributed by atoms with Crippen LogP contribution < -0.4 is 4.46 Å². The first-order valence-corrected chi connectivity index (χ1v) is 11.8. The molecule has 0 aromatic heterocycles. The number of carbonyl (C=O) groups is 1. The predicted molar refractivity (Wildman–Crippen MR) is 114 cm³/mol. The van der Waals surface area contributed by atoms with E-state index in [4.69, 9.17) is 4.74 Å². The van der Waals surface area contributed by atoms with E-state index in [2.05, 4.69) is 52.8 Å². The summed E-state index contributed by atoms with van der Waals surface area (Å²) in [6.07, 6.45) is 6.24. The number of carbonyl (C=O) groups excluding carboxylic acids is 1. The van der Waals surface area contributed by atoms with Crippen molar-refractivity contribution in [3.05, 3.63) is 52.6 Å². The van der Waals surface area contributed by atoms with Gasteiger partial charge in [0.05, 0.1) is 0 Å². The second-order valence-corrected chi connectivity index (χ2v) is 11.8. The molecule has 2 nitrogen and oxygen atoms in total. The van der Waals surface area contributed by atoms with Crippen LogP contribution in [0.15, 0.2) is 47.1 Å². The summed E-state index contributed by atoms with van der Waals surface area (Å²) in [6.45, 7) is 14.2. The van der Waals surface area contributed by atoms with E-state index in [1.807, 2.05) is 19.1 Å². The molecule has 0 saturated heterocycles. The molecule has 1 aromatic carbocycles. The molecule has 0 fully saturated rings. The zero-order valence-electron chi connectivity index (χ0n) is 17.5. The average Bonchev–Trinajstić information content (AvgIpc) is 2.61. The van der Waals surface area contributed by atoms with Crippen LogP contribution in [0.5, 0.6) is 0 Å². The van der Waals surface area contributed by atoms with Crippen LogP contribution in [-0.4, -0.2) is 27.5 Å². The van der Waals surface area contributed by atoms with E-state index in [-0.39, 0.29) is 5.97 Å². The van der Waals surface area contributed by atoms with Crippen molar-refractivity contribution in [3.8, 4) is 0 Å². The number of hydrogen-bond acceptors (Lipinski definition) is 2. The summed E-state index contributed by atoms with van der Waals surface area (Å²) in [6, 6.07) is 8.05. The van der Waals surface area contributed by atoms with Gasteiger partial charge in [0.15, 0.2) is 0 Å². The molecule has 1 unspecified atom stereocenters. The van der Waals surface area contributed by atoms with Gasteiger partial charge < -0.3 is 0 Å². The first-order valence-electron chi connectivity index (χ1n) is 10.0. The van der Waals surface area contributed by atoms with E-state index in [0.29, 0.717) is 42.8 Å². The van der Waals surface area contributed by atoms with Gasteiger partial charge in [-0.2, -0.15) is 0 Å². The van der Waals surface area contributed by atoms with Crippen LogP contribution in [0.1, 0.15) is 71.2 Å². The van der Waals surface area contributed by atoms with E-state index >= 15 is 0 Å². The first kappa shape index (κ1) is 20.4. The monoisotopic (exact) mass is 432 g/mol. The zero-order chi connectivity index (χ0) is 19.8. The van der Waals surface area contributed by atoms with Crippen molar-refractivity contribution in [1.29, 1.82) is 0 Å². The molecule has 3 heteroatoms. The molecule has 0 heterocycles. The molecule has 146 valence electrons. The number of benzene rings is 1. The fourth-order valence-electron chi connectivity index (χ4n) is 4.20. The van der Waals surface area contributed by atoms with Gasteiger partial charge in [0, 0.05) is 0 Å². The SMILES string of the molecule is CCOC(=O)c1ccc([Se]C2CC3=C(C=C2C)C(C)(C)CCC3(C)C)cc1. The zero-order valence-corrected chi connectivity index (χ0v) is 19.2. The van der Waals surface area contributed by atoms with E-state index in [9.17, 15) is 4.79 Å². The Labute approximate surface area is 170 Å². The summed E-state index contributed by atoms with van der Waals surface area (Å²) in [5, 5.41) is 0. The topological polar surface area (TPSA) is 26.3 Å². The second-order valence-electron chi connectivity index (χ2n) is 9.10. The Morgan fingerprint density at radius 2 is 1.74 bits per heavy atom. The Bertz CT molecular complexity index is 781. The summed E-state index contributed by atoms with van der Waals surface area (Å²) in [5.41, 5.74) is 6.05. The maximum absolute atomic E-state index is 11.9. The number of hydrogen-bond donors (Lipinski definition) is 0. The minimum absolute atomic E-state index is 0.230. The van der Waals surface area contributed by atoms with Crippen LogP contribution in [0.3, 0.4) is 0 Å². The number of rotatable bonds is 4. The summed E-state index contributed by atoms with van der Waals surface area (Å²) in [4.78, 5) is 12.5. The molecule has 1 atom stereocenters. The Kier molecular flexibility index (Phi) is 5.75. The molecule has 0 amide bonds. The van der Waals surface area contributed by atoms with E-state index in [1.54, 1.807) is 11.1 Å². The van der Waals surface area contributed by atoms with Crippen LogP contribution in [0, 0.1) is 10.8 Å². The third-order valence-corrected chi connectivity index (χ3v) is 9.03. The van der Waals surface area contributed by atoms with Crippen molar-refractivity contribution >= 4 is 25.4 Å². The van der Waals surface area contributed by atoms with Gasteiger partial charge in [-0.25, -0.2) is 0 Å². The molecular weight excluding hydrogens is 399 g/mol. The molecule has 1 aromatic rings. The van der Waals surface area contributed by atoms with Crippen LogP contribution in [0.2, 0.25) is 4.82 Å². The second kappa shape index (κ2) is 7.60. The quantitative estimate of drug-likeness (QED) is 0.467. The Balaban J connectivity index is 1.79. The number of allylic oxidation sites excluding steroid dienone is 4. The third-order valence-electron chi connectivity index (χ3n) is 6.16. The Hall–Kier alpha value is -1.31. The van der Waals surface area contributed by atoms with Gasteiger partial charge in [-0.3, -0.25) is 0 Å². The normalized spacial score (nSPS) is 23.5. The maximum atomic E-state index is 11.9. The molecule has 0 N–H and O–H groups in total. The van der Waals surface area contributed by atoms with Crippen molar-refractivity contribution in [2.75, 3.05) is 6.61 Å². The van der Waals surface area contributed by atoms with E-state index < -0.39 is 0 Å². The number of esters is 1. The summed E-state index contributed by atoms with van der Waals surface area (Å²) >= 11 is 0.365. The van der Waals surface area contributed by atoms with E-state index in [1.165, 1.54) is 29.3 Å². The van der Waals surface area contributed by atoms with Crippen LogP contribution >= 0.6 is 0 Å². The van der Waals surface area contributed by atoms with E-state index in [0.717, 1.165) is 0 Å². The summed E-state index contributed by atoms with van der Waals surface area (Å²) < 4.78 is 6.44. The van der Waals surface area contributed by atoms with Gasteiger partial charge in [-0.1, -0.05) is 0 Å². The van der Waals surface area contributed by atoms with Gasteiger partial charge in [0.1, 0.15) is 0 Å². The molecule has 0 radical (unpaired) electrons. The summed E-state index contributed by atoms with van der Waals surface area (Å²) in [7, 11) is 0. The Morgan fingerprint density at radius 1 is 1.11 bits per heavy atom. The van der Waals surface area contributed by atoms with Gasteiger partial charge in [-0.15, -0.1) is 0 Å². The number of ether oxygens (including phenoxy) is 1. The minimum atomic E-state index is -0.230. The fraction of sp³-hybridized carbons (Fsp3) is 0.542. The molecule has 3 rings (SSSR count). The van der Waals surface area contributed by atoms with Gasteiger partial charge in [0.25, 0.3) is 0 Å². The molecule has 27 heavy (non-hydrogen) atoms. The van der Waals surface area contributed by atoms with Crippen LogP contribution in [0.4, 0.5) is 0 Å². The molecular formula is C24H32O2Se.